The Kier molecular flexibility index (Phi) is 6.16. The third kappa shape index (κ3) is 5.07. The summed E-state index contributed by atoms with van der Waals surface area (Å²) in [5, 5.41) is 0. The molecule has 0 spiro atoms. The van der Waals surface area contributed by atoms with Gasteiger partial charge in [0.1, 0.15) is 11.6 Å². The zero-order valence-corrected chi connectivity index (χ0v) is 17.4. The Labute approximate surface area is 177 Å². The van der Waals surface area contributed by atoms with Crippen LogP contribution in [0.15, 0.2) is 72.8 Å². The van der Waals surface area contributed by atoms with Crippen molar-refractivity contribution in [2.45, 2.75) is 25.9 Å². The van der Waals surface area contributed by atoms with Crippen LogP contribution in [-0.2, 0) is 36.0 Å². The standard InChI is InChI=1S/C24H24FNO3S/c25-23-9-6-21(7-10-23)18-26(17-20-4-2-1-3-5-20)30(27,28)15-13-19-8-11-24-22(16-19)12-14-29-24/h1-11,16H,12-15,17-18H2. The number of fused-ring (bicyclic) bond motifs is 1. The highest BCUT2D eigenvalue weighted by Crippen LogP contribution is 2.26. The highest BCUT2D eigenvalue weighted by Gasteiger charge is 2.23. The van der Waals surface area contributed by atoms with Gasteiger partial charge in [0.2, 0.25) is 10.0 Å². The zero-order valence-electron chi connectivity index (χ0n) is 16.6. The number of hydrogen-bond donors (Lipinski definition) is 0. The molecule has 0 saturated heterocycles. The molecule has 3 aromatic rings. The lowest BCUT2D eigenvalue weighted by Gasteiger charge is -2.23. The number of hydrogen-bond acceptors (Lipinski definition) is 3. The third-order valence-electron chi connectivity index (χ3n) is 5.27. The normalized spacial score (nSPS) is 13.3. The van der Waals surface area contributed by atoms with Gasteiger partial charge >= 0.3 is 0 Å². The van der Waals surface area contributed by atoms with E-state index in [9.17, 15) is 12.8 Å². The van der Waals surface area contributed by atoms with Crippen molar-refractivity contribution in [2.24, 2.45) is 0 Å². The summed E-state index contributed by atoms with van der Waals surface area (Å²) < 4.78 is 46.8. The molecule has 6 heteroatoms. The van der Waals surface area contributed by atoms with Crippen molar-refractivity contribution in [3.63, 3.8) is 0 Å². The molecule has 1 aliphatic rings. The van der Waals surface area contributed by atoms with Crippen LogP contribution >= 0.6 is 0 Å². The predicted octanol–water partition coefficient (Wildman–Crippen LogP) is 4.34. The Bertz CT molecular complexity index is 1100. The lowest BCUT2D eigenvalue weighted by Crippen LogP contribution is -2.33. The molecule has 0 N–H and O–H groups in total. The molecule has 0 saturated carbocycles. The SMILES string of the molecule is O=S(=O)(CCc1ccc2c(c1)CCO2)N(Cc1ccccc1)Cc1ccc(F)cc1. The van der Waals surface area contributed by atoms with E-state index in [4.69, 9.17) is 4.74 Å². The summed E-state index contributed by atoms with van der Waals surface area (Å²) in [6.07, 6.45) is 1.30. The Morgan fingerprint density at radius 1 is 0.867 bits per heavy atom. The maximum absolute atomic E-state index is 13.3. The fourth-order valence-electron chi connectivity index (χ4n) is 3.60. The smallest absolute Gasteiger partial charge is 0.215 e. The number of ether oxygens (including phenoxy) is 1. The molecular weight excluding hydrogens is 401 g/mol. The first-order chi connectivity index (χ1) is 14.5. The molecule has 0 fully saturated rings. The van der Waals surface area contributed by atoms with E-state index in [0.29, 0.717) is 13.0 Å². The van der Waals surface area contributed by atoms with Gasteiger partial charge in [0.15, 0.2) is 0 Å². The van der Waals surface area contributed by atoms with Gasteiger partial charge in [0, 0.05) is 19.5 Å². The molecule has 1 aliphatic heterocycles. The third-order valence-corrected chi connectivity index (χ3v) is 7.03. The van der Waals surface area contributed by atoms with Crippen LogP contribution in [-0.4, -0.2) is 25.1 Å². The topological polar surface area (TPSA) is 46.6 Å². The van der Waals surface area contributed by atoms with Gasteiger partial charge < -0.3 is 4.74 Å². The lowest BCUT2D eigenvalue weighted by atomic mass is 10.1. The summed E-state index contributed by atoms with van der Waals surface area (Å²) in [7, 11) is -3.53. The van der Waals surface area contributed by atoms with E-state index in [2.05, 4.69) is 0 Å². The first kappa shape index (κ1) is 20.6. The van der Waals surface area contributed by atoms with Crippen LogP contribution in [0.1, 0.15) is 22.3 Å². The number of halogens is 1. The summed E-state index contributed by atoms with van der Waals surface area (Å²) in [6.45, 7) is 1.16. The highest BCUT2D eigenvalue weighted by atomic mass is 32.2. The molecule has 0 aliphatic carbocycles. The second kappa shape index (κ2) is 8.98. The summed E-state index contributed by atoms with van der Waals surface area (Å²) in [5.74, 6) is 0.571. The van der Waals surface area contributed by atoms with Crippen molar-refractivity contribution in [1.29, 1.82) is 0 Å². The van der Waals surface area contributed by atoms with Crippen molar-refractivity contribution in [3.05, 3.63) is 101 Å². The van der Waals surface area contributed by atoms with Crippen LogP contribution in [0.4, 0.5) is 4.39 Å². The summed E-state index contributed by atoms with van der Waals surface area (Å²) in [4.78, 5) is 0. The largest absolute Gasteiger partial charge is 0.493 e. The van der Waals surface area contributed by atoms with E-state index in [-0.39, 0.29) is 24.7 Å². The van der Waals surface area contributed by atoms with Crippen molar-refractivity contribution in [1.82, 2.24) is 4.31 Å². The van der Waals surface area contributed by atoms with Crippen molar-refractivity contribution in [2.75, 3.05) is 12.4 Å². The maximum atomic E-state index is 13.3. The van der Waals surface area contributed by atoms with Gasteiger partial charge in [0.05, 0.1) is 12.4 Å². The Morgan fingerprint density at radius 2 is 1.53 bits per heavy atom. The number of rotatable bonds is 8. The zero-order chi connectivity index (χ0) is 21.0. The molecule has 156 valence electrons. The number of benzene rings is 3. The van der Waals surface area contributed by atoms with Gasteiger partial charge in [-0.1, -0.05) is 54.6 Å². The number of nitrogens with zero attached hydrogens (tertiary/aromatic N) is 1. The fourth-order valence-corrected chi connectivity index (χ4v) is 5.05. The van der Waals surface area contributed by atoms with Crippen LogP contribution in [0.3, 0.4) is 0 Å². The van der Waals surface area contributed by atoms with E-state index in [1.165, 1.54) is 16.4 Å². The van der Waals surface area contributed by atoms with E-state index >= 15 is 0 Å². The monoisotopic (exact) mass is 425 g/mol. The van der Waals surface area contributed by atoms with E-state index < -0.39 is 10.0 Å². The Balaban J connectivity index is 1.52. The van der Waals surface area contributed by atoms with E-state index in [1.807, 2.05) is 48.5 Å². The molecule has 0 aromatic heterocycles. The Hall–Kier alpha value is -2.70. The minimum absolute atomic E-state index is 0.0146. The van der Waals surface area contributed by atoms with Gasteiger partial charge in [-0.3, -0.25) is 0 Å². The molecule has 4 nitrogen and oxygen atoms in total. The van der Waals surface area contributed by atoms with Gasteiger partial charge in [-0.05, 0) is 46.9 Å². The van der Waals surface area contributed by atoms with Crippen LogP contribution in [0.5, 0.6) is 5.75 Å². The summed E-state index contributed by atoms with van der Waals surface area (Å²) in [5.41, 5.74) is 3.80. The molecule has 0 bridgehead atoms. The fraction of sp³-hybridized carbons (Fsp3) is 0.250. The highest BCUT2D eigenvalue weighted by molar-refractivity contribution is 7.89. The molecule has 0 radical (unpaired) electrons. The molecule has 0 unspecified atom stereocenters. The van der Waals surface area contributed by atoms with Crippen LogP contribution in [0.25, 0.3) is 0 Å². The molecular formula is C24H24FNO3S. The predicted molar refractivity (Wildman–Crippen MR) is 115 cm³/mol. The summed E-state index contributed by atoms with van der Waals surface area (Å²) in [6, 6.07) is 21.4. The first-order valence-corrected chi connectivity index (χ1v) is 11.6. The van der Waals surface area contributed by atoms with Crippen molar-refractivity contribution >= 4 is 10.0 Å². The molecule has 0 amide bonds. The second-order valence-electron chi connectivity index (χ2n) is 7.49. The summed E-state index contributed by atoms with van der Waals surface area (Å²) >= 11 is 0. The molecule has 3 aromatic carbocycles. The quantitative estimate of drug-likeness (QED) is 0.540. The lowest BCUT2D eigenvalue weighted by molar-refractivity contribution is 0.357. The van der Waals surface area contributed by atoms with Crippen molar-refractivity contribution < 1.29 is 17.5 Å². The average Bonchev–Trinajstić information content (AvgIpc) is 3.22. The minimum atomic E-state index is -3.53. The van der Waals surface area contributed by atoms with E-state index in [1.54, 1.807) is 12.1 Å². The minimum Gasteiger partial charge on any atom is -0.493 e. The number of aryl methyl sites for hydroxylation is 1. The van der Waals surface area contributed by atoms with E-state index in [0.717, 1.165) is 34.4 Å². The molecule has 30 heavy (non-hydrogen) atoms. The van der Waals surface area contributed by atoms with Gasteiger partial charge in [-0.15, -0.1) is 0 Å². The molecule has 1 heterocycles. The average molecular weight is 426 g/mol. The molecule has 4 rings (SSSR count). The van der Waals surface area contributed by atoms with Crippen molar-refractivity contribution in [3.8, 4) is 5.75 Å². The van der Waals surface area contributed by atoms with Crippen LogP contribution < -0.4 is 4.74 Å². The molecule has 0 atom stereocenters. The maximum Gasteiger partial charge on any atom is 0.215 e. The second-order valence-corrected chi connectivity index (χ2v) is 9.58. The van der Waals surface area contributed by atoms with Crippen LogP contribution in [0, 0.1) is 5.82 Å². The van der Waals surface area contributed by atoms with Gasteiger partial charge in [-0.25, -0.2) is 12.8 Å². The van der Waals surface area contributed by atoms with Crippen LogP contribution in [0.2, 0.25) is 0 Å². The van der Waals surface area contributed by atoms with Gasteiger partial charge in [-0.2, -0.15) is 4.31 Å². The number of sulfonamides is 1. The van der Waals surface area contributed by atoms with Gasteiger partial charge in [0.25, 0.3) is 0 Å². The first-order valence-electron chi connectivity index (χ1n) is 10.0. The Morgan fingerprint density at radius 3 is 2.27 bits per heavy atom.